The van der Waals surface area contributed by atoms with Gasteiger partial charge >= 0.3 is 0 Å². The van der Waals surface area contributed by atoms with Gasteiger partial charge in [0.2, 0.25) is 5.91 Å². The molecular weight excluding hydrogens is 347 g/mol. The molecule has 0 aromatic heterocycles. The van der Waals surface area contributed by atoms with Crippen LogP contribution in [0.4, 0.5) is 0 Å². The fourth-order valence-electron chi connectivity index (χ4n) is 3.64. The van der Waals surface area contributed by atoms with Crippen LogP contribution in [-0.4, -0.2) is 36.5 Å². The largest absolute Gasteiger partial charge is 0.493 e. The number of rotatable bonds is 4. The van der Waals surface area contributed by atoms with Gasteiger partial charge in [0, 0.05) is 35.1 Å². The highest BCUT2D eigenvalue weighted by atomic mass is 35.5. The molecule has 132 valence electrons. The van der Waals surface area contributed by atoms with E-state index >= 15 is 0 Å². The van der Waals surface area contributed by atoms with Gasteiger partial charge in [-0.15, -0.1) is 0 Å². The molecule has 3 rings (SSSR count). The number of benzene rings is 1. The second kappa shape index (κ2) is 7.94. The Morgan fingerprint density at radius 1 is 1.12 bits per heavy atom. The molecule has 1 heterocycles. The molecule has 1 aromatic carbocycles. The summed E-state index contributed by atoms with van der Waals surface area (Å²) < 4.78 is 5.83. The summed E-state index contributed by atoms with van der Waals surface area (Å²) in [6, 6.07) is 5.44. The van der Waals surface area contributed by atoms with E-state index in [1.807, 2.05) is 4.90 Å². The van der Waals surface area contributed by atoms with Gasteiger partial charge in [0.05, 0.1) is 6.61 Å². The van der Waals surface area contributed by atoms with Crippen molar-refractivity contribution in [2.45, 2.75) is 38.1 Å². The van der Waals surface area contributed by atoms with Crippen molar-refractivity contribution in [3.63, 3.8) is 0 Å². The van der Waals surface area contributed by atoms with Crippen molar-refractivity contribution in [3.05, 3.63) is 28.2 Å². The molecule has 0 bridgehead atoms. The zero-order valence-electron chi connectivity index (χ0n) is 13.7. The highest BCUT2D eigenvalue weighted by Crippen LogP contribution is 2.29. The third-order valence-corrected chi connectivity index (χ3v) is 5.51. The lowest BCUT2D eigenvalue weighted by Gasteiger charge is -2.33. The van der Waals surface area contributed by atoms with Gasteiger partial charge in [0.15, 0.2) is 0 Å². The molecule has 1 aliphatic carbocycles. The van der Waals surface area contributed by atoms with E-state index in [1.54, 1.807) is 18.2 Å². The Bertz CT molecular complexity index is 568. The van der Waals surface area contributed by atoms with Crippen LogP contribution >= 0.6 is 23.2 Å². The average molecular weight is 371 g/mol. The Morgan fingerprint density at radius 3 is 2.38 bits per heavy atom. The predicted octanol–water partition coefficient (Wildman–Crippen LogP) is 3.74. The lowest BCUT2D eigenvalue weighted by molar-refractivity contribution is -0.136. The van der Waals surface area contributed by atoms with E-state index in [1.165, 1.54) is 0 Å². The molecule has 2 fully saturated rings. The molecule has 0 spiro atoms. The van der Waals surface area contributed by atoms with Crippen molar-refractivity contribution < 1.29 is 9.53 Å². The van der Waals surface area contributed by atoms with Crippen LogP contribution in [0.25, 0.3) is 0 Å². The molecule has 2 unspecified atom stereocenters. The molecule has 2 N–H and O–H groups in total. The van der Waals surface area contributed by atoms with Crippen molar-refractivity contribution >= 4 is 29.1 Å². The summed E-state index contributed by atoms with van der Waals surface area (Å²) >= 11 is 12.0. The highest BCUT2D eigenvalue weighted by Gasteiger charge is 2.32. The molecule has 2 aliphatic rings. The SMILES string of the molecule is NC1CCC(C(=O)N2CCC(COc3cc(Cl)cc(Cl)c3)CC2)C1. The number of piperidine rings is 1. The molecule has 2 atom stereocenters. The second-order valence-electron chi connectivity index (χ2n) is 6.95. The Hall–Kier alpha value is -0.970. The summed E-state index contributed by atoms with van der Waals surface area (Å²) in [4.78, 5) is 14.5. The van der Waals surface area contributed by atoms with Gasteiger partial charge in [-0.3, -0.25) is 4.79 Å². The number of likely N-dealkylation sites (tertiary alicyclic amines) is 1. The van der Waals surface area contributed by atoms with Crippen LogP contribution in [0.1, 0.15) is 32.1 Å². The molecule has 1 amide bonds. The van der Waals surface area contributed by atoms with Gasteiger partial charge in [0.1, 0.15) is 5.75 Å². The zero-order chi connectivity index (χ0) is 17.1. The summed E-state index contributed by atoms with van der Waals surface area (Å²) in [7, 11) is 0. The Labute approximate surface area is 153 Å². The van der Waals surface area contributed by atoms with Crippen molar-refractivity contribution in [1.29, 1.82) is 0 Å². The zero-order valence-corrected chi connectivity index (χ0v) is 15.2. The molecule has 4 nitrogen and oxygen atoms in total. The Morgan fingerprint density at radius 2 is 1.79 bits per heavy atom. The maximum absolute atomic E-state index is 12.5. The summed E-state index contributed by atoms with van der Waals surface area (Å²) in [5.41, 5.74) is 5.92. The first kappa shape index (κ1) is 17.8. The van der Waals surface area contributed by atoms with E-state index in [0.29, 0.717) is 34.2 Å². The minimum absolute atomic E-state index is 0.140. The number of amides is 1. The smallest absolute Gasteiger partial charge is 0.225 e. The van der Waals surface area contributed by atoms with Gasteiger partial charge in [-0.2, -0.15) is 0 Å². The van der Waals surface area contributed by atoms with Crippen molar-refractivity contribution in [1.82, 2.24) is 4.90 Å². The third kappa shape index (κ3) is 4.56. The second-order valence-corrected chi connectivity index (χ2v) is 7.83. The fourth-order valence-corrected chi connectivity index (χ4v) is 4.15. The van der Waals surface area contributed by atoms with Gasteiger partial charge in [0.25, 0.3) is 0 Å². The minimum atomic E-state index is 0.140. The van der Waals surface area contributed by atoms with Crippen LogP contribution in [0.3, 0.4) is 0 Å². The van der Waals surface area contributed by atoms with Crippen LogP contribution < -0.4 is 10.5 Å². The molecule has 1 aromatic rings. The predicted molar refractivity (Wildman–Crippen MR) is 96.6 cm³/mol. The Kier molecular flexibility index (Phi) is 5.90. The number of hydrogen-bond acceptors (Lipinski definition) is 3. The molecule has 24 heavy (non-hydrogen) atoms. The number of nitrogens with zero attached hydrogens (tertiary/aromatic N) is 1. The maximum atomic E-state index is 12.5. The minimum Gasteiger partial charge on any atom is -0.493 e. The molecule has 1 aliphatic heterocycles. The number of hydrogen-bond donors (Lipinski definition) is 1. The van der Waals surface area contributed by atoms with Crippen LogP contribution in [0.15, 0.2) is 18.2 Å². The monoisotopic (exact) mass is 370 g/mol. The number of nitrogens with two attached hydrogens (primary N) is 1. The highest BCUT2D eigenvalue weighted by molar-refractivity contribution is 6.34. The van der Waals surface area contributed by atoms with Crippen LogP contribution in [-0.2, 0) is 4.79 Å². The lowest BCUT2D eigenvalue weighted by Crippen LogP contribution is -2.42. The first-order chi connectivity index (χ1) is 11.5. The van der Waals surface area contributed by atoms with E-state index in [2.05, 4.69) is 0 Å². The third-order valence-electron chi connectivity index (χ3n) is 5.07. The standard InChI is InChI=1S/C18H24Cl2N2O2/c19-14-8-15(20)10-17(9-14)24-11-12-3-5-22(6-4-12)18(23)13-1-2-16(21)7-13/h8-10,12-13,16H,1-7,11,21H2. The molecule has 6 heteroatoms. The summed E-state index contributed by atoms with van der Waals surface area (Å²) in [5.74, 6) is 1.59. The quantitative estimate of drug-likeness (QED) is 0.877. The van der Waals surface area contributed by atoms with Gasteiger partial charge in [-0.25, -0.2) is 0 Å². The lowest BCUT2D eigenvalue weighted by atomic mass is 9.96. The summed E-state index contributed by atoms with van der Waals surface area (Å²) in [6.45, 7) is 2.26. The number of ether oxygens (including phenoxy) is 1. The van der Waals surface area contributed by atoms with Crippen molar-refractivity contribution in [3.8, 4) is 5.75 Å². The topological polar surface area (TPSA) is 55.6 Å². The maximum Gasteiger partial charge on any atom is 0.225 e. The van der Waals surface area contributed by atoms with E-state index in [-0.39, 0.29) is 12.0 Å². The first-order valence-corrected chi connectivity index (χ1v) is 9.40. The van der Waals surface area contributed by atoms with Gasteiger partial charge in [-0.05, 0) is 56.2 Å². The van der Waals surface area contributed by atoms with Crippen LogP contribution in [0, 0.1) is 11.8 Å². The Balaban J connectivity index is 1.44. The first-order valence-electron chi connectivity index (χ1n) is 8.64. The van der Waals surface area contributed by atoms with E-state index in [0.717, 1.165) is 45.2 Å². The van der Waals surface area contributed by atoms with E-state index in [4.69, 9.17) is 33.7 Å². The summed E-state index contributed by atoms with van der Waals surface area (Å²) in [5, 5.41) is 1.15. The fraction of sp³-hybridized carbons (Fsp3) is 0.611. The van der Waals surface area contributed by atoms with Crippen molar-refractivity contribution in [2.24, 2.45) is 17.6 Å². The number of carbonyl (C=O) groups excluding carboxylic acids is 1. The molecule has 1 saturated heterocycles. The number of carbonyl (C=O) groups is 1. The van der Waals surface area contributed by atoms with Crippen LogP contribution in [0.5, 0.6) is 5.75 Å². The molecular formula is C18H24Cl2N2O2. The van der Waals surface area contributed by atoms with Gasteiger partial charge in [-0.1, -0.05) is 23.2 Å². The van der Waals surface area contributed by atoms with E-state index < -0.39 is 0 Å². The van der Waals surface area contributed by atoms with E-state index in [9.17, 15) is 4.79 Å². The summed E-state index contributed by atoms with van der Waals surface area (Å²) in [6.07, 6.45) is 4.70. The number of halogens is 2. The van der Waals surface area contributed by atoms with Crippen molar-refractivity contribution in [2.75, 3.05) is 19.7 Å². The normalized spacial score (nSPS) is 25.0. The average Bonchev–Trinajstić information content (AvgIpc) is 2.98. The van der Waals surface area contributed by atoms with Crippen LogP contribution in [0.2, 0.25) is 10.0 Å². The molecule has 0 radical (unpaired) electrons. The van der Waals surface area contributed by atoms with Gasteiger partial charge < -0.3 is 15.4 Å². The molecule has 1 saturated carbocycles.